The minimum atomic E-state index is -0.457. The summed E-state index contributed by atoms with van der Waals surface area (Å²) in [7, 11) is 0. The number of benzene rings is 2. The monoisotopic (exact) mass is 651 g/mol. The van der Waals surface area contributed by atoms with E-state index in [2.05, 4.69) is 50.0 Å². The molecule has 0 bridgehead atoms. The van der Waals surface area contributed by atoms with Crippen molar-refractivity contribution in [3.63, 3.8) is 0 Å². The maximum atomic E-state index is 13.1. The van der Waals surface area contributed by atoms with Crippen molar-refractivity contribution >= 4 is 46.0 Å². The second-order valence-corrected chi connectivity index (χ2v) is 11.3. The van der Waals surface area contributed by atoms with Crippen LogP contribution in [0.25, 0.3) is 11.0 Å². The Morgan fingerprint density at radius 3 is 2.06 bits per heavy atom. The minimum Gasteiger partial charge on any atom is -0.353 e. The van der Waals surface area contributed by atoms with E-state index < -0.39 is 11.8 Å². The molecule has 1 aliphatic heterocycles. The van der Waals surface area contributed by atoms with E-state index in [0.29, 0.717) is 49.4 Å². The van der Waals surface area contributed by atoms with Crippen LogP contribution in [0, 0.1) is 0 Å². The lowest BCUT2D eigenvalue weighted by molar-refractivity contribution is -0.214. The highest BCUT2D eigenvalue weighted by Crippen LogP contribution is 2.18. The molecule has 2 heterocycles. The molecule has 14 nitrogen and oxygen atoms in total. The minimum absolute atomic E-state index is 0.109. The molecule has 1 aliphatic rings. The largest absolute Gasteiger partial charge is 0.353 e. The number of aromatic amines is 2. The van der Waals surface area contributed by atoms with Crippen LogP contribution in [0.1, 0.15) is 73.1 Å². The van der Waals surface area contributed by atoms with E-state index in [0.717, 1.165) is 38.9 Å². The molecule has 14 heteroatoms. The van der Waals surface area contributed by atoms with E-state index in [1.165, 1.54) is 18.2 Å². The number of fused-ring (bicyclic) bond motifs is 1. The number of unbranched alkanes of at least 4 members (excludes halogenated alkanes) is 1. The number of ether oxygens (including phenoxy) is 2. The van der Waals surface area contributed by atoms with E-state index in [1.54, 1.807) is 18.2 Å². The molecule has 47 heavy (non-hydrogen) atoms. The van der Waals surface area contributed by atoms with E-state index in [4.69, 9.17) is 9.47 Å². The van der Waals surface area contributed by atoms with Gasteiger partial charge in [-0.3, -0.25) is 19.2 Å². The second-order valence-electron chi connectivity index (χ2n) is 11.3. The Morgan fingerprint density at radius 1 is 0.830 bits per heavy atom. The van der Waals surface area contributed by atoms with Gasteiger partial charge in [0.05, 0.1) is 24.2 Å². The molecule has 0 radical (unpaired) electrons. The number of carbonyl (C=O) groups excluding carboxylic acids is 4. The highest BCUT2D eigenvalue weighted by molar-refractivity contribution is 6.03. The maximum Gasteiger partial charge on any atom is 0.323 e. The SMILES string of the molecule is CCN(CC)CCCCNC(=O)c1cc(NC(=O)CCC(=O)Nc2ccc3[nH]c(=O)[nH]c3c2)cc(C(=O)NCCCOC2CCO2)c1. The standard InChI is InChI=1S/C33H45N7O7/c1-3-40(4-2)15-6-5-13-34-31(43)22-18-23(32(44)35-14-7-16-46-30-12-17-47-30)20-25(19-22)37-29(42)11-10-28(41)36-24-8-9-26-27(21-24)39-33(45)38-26/h8-9,18-21,30H,3-7,10-17H2,1-2H3,(H,34,43)(H,35,44)(H,36,41)(H,37,42)(H2,38,39,45). The highest BCUT2D eigenvalue weighted by Gasteiger charge is 2.18. The zero-order chi connectivity index (χ0) is 33.6. The summed E-state index contributed by atoms with van der Waals surface area (Å²) in [5.41, 5.74) is 2.00. The van der Waals surface area contributed by atoms with Crippen LogP contribution >= 0.6 is 0 Å². The van der Waals surface area contributed by atoms with Gasteiger partial charge in [0.1, 0.15) is 0 Å². The lowest BCUT2D eigenvalue weighted by atomic mass is 10.1. The van der Waals surface area contributed by atoms with Crippen molar-refractivity contribution in [2.45, 2.75) is 58.7 Å². The van der Waals surface area contributed by atoms with Crippen molar-refractivity contribution in [3.8, 4) is 0 Å². The van der Waals surface area contributed by atoms with Crippen LogP contribution in [0.4, 0.5) is 11.4 Å². The molecule has 4 rings (SSSR count). The molecule has 1 saturated heterocycles. The van der Waals surface area contributed by atoms with E-state index in [1.807, 2.05) is 0 Å². The number of amides is 4. The molecule has 6 N–H and O–H groups in total. The van der Waals surface area contributed by atoms with Crippen molar-refractivity contribution in [2.75, 3.05) is 56.6 Å². The normalized spacial score (nSPS) is 14.1. The van der Waals surface area contributed by atoms with Crippen molar-refractivity contribution in [3.05, 3.63) is 58.0 Å². The van der Waals surface area contributed by atoms with Gasteiger partial charge < -0.3 is 45.6 Å². The van der Waals surface area contributed by atoms with Crippen molar-refractivity contribution in [2.24, 2.45) is 0 Å². The summed E-state index contributed by atoms with van der Waals surface area (Å²) in [6.45, 7) is 9.12. The first-order valence-electron chi connectivity index (χ1n) is 16.2. The molecule has 254 valence electrons. The molecule has 1 unspecified atom stereocenters. The quantitative estimate of drug-likeness (QED) is 0.107. The number of nitrogens with one attached hydrogen (secondary N) is 6. The third kappa shape index (κ3) is 11.3. The van der Waals surface area contributed by atoms with Crippen LogP contribution in [0.2, 0.25) is 0 Å². The number of aromatic nitrogens is 2. The molecular formula is C33H45N7O7. The van der Waals surface area contributed by atoms with Crippen LogP contribution in [0.15, 0.2) is 41.2 Å². The summed E-state index contributed by atoms with van der Waals surface area (Å²) in [4.78, 5) is 70.5. The Bertz CT molecular complexity index is 1580. The fourth-order valence-electron chi connectivity index (χ4n) is 4.99. The van der Waals surface area contributed by atoms with Crippen LogP contribution in [0.3, 0.4) is 0 Å². The van der Waals surface area contributed by atoms with E-state index in [9.17, 15) is 24.0 Å². The third-order valence-corrected chi connectivity index (χ3v) is 7.77. The Kier molecular flexibility index (Phi) is 13.5. The number of imidazole rings is 1. The lowest BCUT2D eigenvalue weighted by Crippen LogP contribution is -2.31. The molecule has 2 aromatic carbocycles. The van der Waals surface area contributed by atoms with Gasteiger partial charge >= 0.3 is 5.69 Å². The first kappa shape index (κ1) is 35.3. The molecule has 3 aromatic rings. The Balaban J connectivity index is 1.32. The molecule has 0 spiro atoms. The summed E-state index contributed by atoms with van der Waals surface area (Å²) in [6, 6.07) is 9.44. The maximum absolute atomic E-state index is 13.1. The summed E-state index contributed by atoms with van der Waals surface area (Å²) in [5.74, 6) is -1.60. The van der Waals surface area contributed by atoms with Crippen LogP contribution < -0.4 is 27.0 Å². The van der Waals surface area contributed by atoms with Gasteiger partial charge in [-0.05, 0) is 75.3 Å². The van der Waals surface area contributed by atoms with Gasteiger partial charge in [0.25, 0.3) is 11.8 Å². The number of carbonyl (C=O) groups is 4. The molecule has 1 fully saturated rings. The van der Waals surface area contributed by atoms with Gasteiger partial charge in [0.15, 0.2) is 6.29 Å². The molecule has 0 aliphatic carbocycles. The van der Waals surface area contributed by atoms with Crippen molar-refractivity contribution < 1.29 is 28.7 Å². The number of nitrogens with zero attached hydrogens (tertiary/aromatic N) is 1. The zero-order valence-electron chi connectivity index (χ0n) is 27.0. The summed E-state index contributed by atoms with van der Waals surface area (Å²) >= 11 is 0. The first-order chi connectivity index (χ1) is 22.7. The molecule has 4 amide bonds. The van der Waals surface area contributed by atoms with Gasteiger partial charge in [-0.2, -0.15) is 0 Å². The Morgan fingerprint density at radius 2 is 1.45 bits per heavy atom. The predicted octanol–water partition coefficient (Wildman–Crippen LogP) is 2.95. The number of anilines is 2. The molecular weight excluding hydrogens is 606 g/mol. The Hall–Kier alpha value is -4.53. The smallest absolute Gasteiger partial charge is 0.323 e. The highest BCUT2D eigenvalue weighted by atomic mass is 16.7. The predicted molar refractivity (Wildman–Crippen MR) is 178 cm³/mol. The number of rotatable bonds is 19. The zero-order valence-corrected chi connectivity index (χ0v) is 27.0. The third-order valence-electron chi connectivity index (χ3n) is 7.77. The average Bonchev–Trinajstić information content (AvgIpc) is 3.41. The van der Waals surface area contributed by atoms with E-state index in [-0.39, 0.29) is 53.5 Å². The van der Waals surface area contributed by atoms with Crippen molar-refractivity contribution in [1.29, 1.82) is 0 Å². The van der Waals surface area contributed by atoms with Crippen LogP contribution in [0.5, 0.6) is 0 Å². The lowest BCUT2D eigenvalue weighted by Gasteiger charge is -2.26. The van der Waals surface area contributed by atoms with E-state index >= 15 is 0 Å². The van der Waals surface area contributed by atoms with Crippen molar-refractivity contribution in [1.82, 2.24) is 25.5 Å². The average molecular weight is 652 g/mol. The second kappa shape index (κ2) is 18.0. The van der Waals surface area contributed by atoms with Crippen LogP contribution in [-0.2, 0) is 19.1 Å². The summed E-state index contributed by atoms with van der Waals surface area (Å²) in [6.07, 6.45) is 2.78. The summed E-state index contributed by atoms with van der Waals surface area (Å²) in [5, 5.41) is 11.2. The Labute approximate surface area is 273 Å². The fraction of sp³-hybridized carbons (Fsp3) is 0.485. The van der Waals surface area contributed by atoms with Gasteiger partial charge in [-0.1, -0.05) is 13.8 Å². The molecule has 1 aromatic heterocycles. The number of H-pyrrole nitrogens is 2. The molecule has 1 atom stereocenters. The fourth-order valence-corrected chi connectivity index (χ4v) is 4.99. The topological polar surface area (TPSA) is 187 Å². The van der Waals surface area contributed by atoms with Crippen LogP contribution in [-0.4, -0.2) is 90.7 Å². The van der Waals surface area contributed by atoms with Gasteiger partial charge in [0, 0.05) is 54.9 Å². The van der Waals surface area contributed by atoms with Gasteiger partial charge in [-0.15, -0.1) is 0 Å². The van der Waals surface area contributed by atoms with Gasteiger partial charge in [-0.25, -0.2) is 4.79 Å². The molecule has 0 saturated carbocycles. The number of hydrogen-bond acceptors (Lipinski definition) is 8. The first-order valence-corrected chi connectivity index (χ1v) is 16.2. The van der Waals surface area contributed by atoms with Gasteiger partial charge in [0.2, 0.25) is 11.8 Å². The number of hydrogen-bond donors (Lipinski definition) is 6. The summed E-state index contributed by atoms with van der Waals surface area (Å²) < 4.78 is 10.8.